The van der Waals surface area contributed by atoms with Crippen LogP contribution in [0.4, 0.5) is 11.4 Å². The molecule has 4 heteroatoms. The van der Waals surface area contributed by atoms with Crippen LogP contribution in [0.15, 0.2) is 75.4 Å². The first-order valence-electron chi connectivity index (χ1n) is 6.99. The van der Waals surface area contributed by atoms with E-state index >= 15 is 0 Å². The fourth-order valence-electron chi connectivity index (χ4n) is 1.95. The topological polar surface area (TPSA) is 50.8 Å². The van der Waals surface area contributed by atoms with Crippen LogP contribution in [0.5, 0.6) is 0 Å². The molecule has 108 valence electrons. The predicted molar refractivity (Wildman–Crippen MR) is 87.2 cm³/mol. The van der Waals surface area contributed by atoms with Crippen molar-refractivity contribution in [2.75, 3.05) is 0 Å². The lowest BCUT2D eigenvalue weighted by atomic mass is 10.2. The lowest BCUT2D eigenvalue weighted by molar-refractivity contribution is 0.408. The van der Waals surface area contributed by atoms with Gasteiger partial charge in [-0.2, -0.15) is 5.11 Å². The van der Waals surface area contributed by atoms with Gasteiger partial charge in [0.25, 0.3) is 0 Å². The maximum Gasteiger partial charge on any atom is 0.187 e. The molecule has 0 saturated heterocycles. The Morgan fingerprint density at radius 2 is 1.55 bits per heavy atom. The number of hydrogen-bond donors (Lipinski definition) is 0. The van der Waals surface area contributed by atoms with Crippen molar-refractivity contribution in [1.29, 1.82) is 0 Å². The average molecular weight is 289 g/mol. The van der Waals surface area contributed by atoms with Crippen LogP contribution in [0.1, 0.15) is 17.0 Å². The number of azo groups is 1. The molecular formula is C18H15N3O. The zero-order valence-corrected chi connectivity index (χ0v) is 12.2. The van der Waals surface area contributed by atoms with Crippen molar-refractivity contribution in [3.63, 3.8) is 0 Å². The molecule has 0 spiro atoms. The van der Waals surface area contributed by atoms with Gasteiger partial charge in [-0.15, -0.1) is 5.11 Å². The summed E-state index contributed by atoms with van der Waals surface area (Å²) in [5.74, 6) is 0.598. The normalized spacial score (nSPS) is 11.5. The Kier molecular flexibility index (Phi) is 4.20. The van der Waals surface area contributed by atoms with Gasteiger partial charge in [0, 0.05) is 0 Å². The maximum atomic E-state index is 5.32. The number of nitrogens with zero attached hydrogens (tertiary/aromatic N) is 3. The van der Waals surface area contributed by atoms with Gasteiger partial charge in [-0.3, -0.25) is 0 Å². The first-order chi connectivity index (χ1) is 10.8. The zero-order chi connectivity index (χ0) is 15.2. The molecule has 22 heavy (non-hydrogen) atoms. The second kappa shape index (κ2) is 6.63. The smallest absolute Gasteiger partial charge is 0.187 e. The second-order valence-electron chi connectivity index (χ2n) is 4.76. The minimum Gasteiger partial charge on any atom is -0.354 e. The Morgan fingerprint density at radius 1 is 0.864 bits per heavy atom. The minimum atomic E-state index is 0.598. The summed E-state index contributed by atoms with van der Waals surface area (Å²) in [5, 5.41) is 12.4. The summed E-state index contributed by atoms with van der Waals surface area (Å²) in [6.45, 7) is 1.85. The van der Waals surface area contributed by atoms with Gasteiger partial charge in [-0.1, -0.05) is 59.8 Å². The number of aryl methyl sites for hydroxylation is 1. The molecule has 0 unspecified atom stereocenters. The van der Waals surface area contributed by atoms with E-state index in [1.807, 2.05) is 79.7 Å². The molecule has 0 aliphatic carbocycles. The molecule has 0 radical (unpaired) electrons. The van der Waals surface area contributed by atoms with E-state index in [1.165, 1.54) is 0 Å². The molecule has 0 saturated carbocycles. The number of aromatic nitrogens is 1. The van der Waals surface area contributed by atoms with Gasteiger partial charge in [0.1, 0.15) is 5.69 Å². The van der Waals surface area contributed by atoms with Crippen molar-refractivity contribution in [1.82, 2.24) is 5.16 Å². The predicted octanol–water partition coefficient (Wildman–Crippen LogP) is 5.57. The van der Waals surface area contributed by atoms with E-state index < -0.39 is 0 Å². The Morgan fingerprint density at radius 3 is 2.27 bits per heavy atom. The molecule has 0 aliphatic heterocycles. The zero-order valence-electron chi connectivity index (χ0n) is 12.2. The highest BCUT2D eigenvalue weighted by Gasteiger charge is 2.09. The van der Waals surface area contributed by atoms with E-state index in [-0.39, 0.29) is 0 Å². The van der Waals surface area contributed by atoms with Gasteiger partial charge in [-0.25, -0.2) is 0 Å². The van der Waals surface area contributed by atoms with Crippen LogP contribution in [0.25, 0.3) is 12.2 Å². The van der Waals surface area contributed by atoms with E-state index in [4.69, 9.17) is 4.52 Å². The largest absolute Gasteiger partial charge is 0.354 e. The van der Waals surface area contributed by atoms with Gasteiger partial charge >= 0.3 is 0 Å². The summed E-state index contributed by atoms with van der Waals surface area (Å²) in [7, 11) is 0. The van der Waals surface area contributed by atoms with Crippen molar-refractivity contribution in [3.05, 3.63) is 77.7 Å². The molecule has 0 amide bonds. The fraction of sp³-hybridized carbons (Fsp3) is 0.0556. The average Bonchev–Trinajstić information content (AvgIpc) is 2.93. The lowest BCUT2D eigenvalue weighted by Crippen LogP contribution is -1.71. The third kappa shape index (κ3) is 3.35. The van der Waals surface area contributed by atoms with E-state index in [2.05, 4.69) is 15.4 Å². The van der Waals surface area contributed by atoms with Crippen molar-refractivity contribution in [2.45, 2.75) is 6.92 Å². The van der Waals surface area contributed by atoms with Crippen molar-refractivity contribution in [2.24, 2.45) is 10.2 Å². The molecule has 0 aliphatic rings. The molecule has 4 nitrogen and oxygen atoms in total. The van der Waals surface area contributed by atoms with Gasteiger partial charge in [0.15, 0.2) is 11.4 Å². The van der Waals surface area contributed by atoms with Crippen LogP contribution in [0.2, 0.25) is 0 Å². The van der Waals surface area contributed by atoms with Gasteiger partial charge < -0.3 is 4.52 Å². The van der Waals surface area contributed by atoms with E-state index in [0.29, 0.717) is 17.1 Å². The summed E-state index contributed by atoms with van der Waals surface area (Å²) in [6, 6.07) is 19.6. The molecule has 0 bridgehead atoms. The maximum absolute atomic E-state index is 5.32. The molecule has 0 atom stereocenters. The van der Waals surface area contributed by atoms with Gasteiger partial charge in [0.2, 0.25) is 0 Å². The summed E-state index contributed by atoms with van der Waals surface area (Å²) in [4.78, 5) is 0. The molecular weight excluding hydrogens is 274 g/mol. The quantitative estimate of drug-likeness (QED) is 0.589. The molecule has 3 aromatic rings. The second-order valence-corrected chi connectivity index (χ2v) is 4.76. The summed E-state index contributed by atoms with van der Waals surface area (Å²) < 4.78 is 5.32. The number of rotatable bonds is 4. The molecule has 0 fully saturated rings. The Labute approximate surface area is 128 Å². The van der Waals surface area contributed by atoms with Crippen LogP contribution >= 0.6 is 0 Å². The lowest BCUT2D eigenvalue weighted by Gasteiger charge is -1.93. The van der Waals surface area contributed by atoms with Crippen molar-refractivity contribution in [3.8, 4) is 0 Å². The third-order valence-electron chi connectivity index (χ3n) is 3.11. The van der Waals surface area contributed by atoms with Crippen LogP contribution in [-0.4, -0.2) is 5.16 Å². The summed E-state index contributed by atoms with van der Waals surface area (Å²) in [6.07, 6.45) is 3.82. The minimum absolute atomic E-state index is 0.598. The highest BCUT2D eigenvalue weighted by atomic mass is 16.5. The third-order valence-corrected chi connectivity index (χ3v) is 3.11. The molecule has 0 N–H and O–H groups in total. The van der Waals surface area contributed by atoms with Crippen molar-refractivity contribution < 1.29 is 4.52 Å². The molecule has 2 aromatic carbocycles. The van der Waals surface area contributed by atoms with Crippen LogP contribution in [0, 0.1) is 6.92 Å². The first kappa shape index (κ1) is 13.9. The Balaban J connectivity index is 1.85. The standard InChI is InChI=1S/C18H15N3O/c1-14-18(20-19-16-10-6-3-7-11-16)17(22-21-14)13-12-15-8-4-2-5-9-15/h2-13H,1H3/b13-12+,20-19?. The first-order valence-corrected chi connectivity index (χ1v) is 6.99. The SMILES string of the molecule is Cc1noc(/C=C/c2ccccc2)c1N=Nc1ccccc1. The van der Waals surface area contributed by atoms with Crippen LogP contribution in [-0.2, 0) is 0 Å². The van der Waals surface area contributed by atoms with E-state index in [9.17, 15) is 0 Å². The summed E-state index contributed by atoms with van der Waals surface area (Å²) >= 11 is 0. The van der Waals surface area contributed by atoms with Crippen LogP contribution < -0.4 is 0 Å². The van der Waals surface area contributed by atoms with Gasteiger partial charge in [-0.05, 0) is 30.7 Å². The highest BCUT2D eigenvalue weighted by Crippen LogP contribution is 2.27. The summed E-state index contributed by atoms with van der Waals surface area (Å²) in [5.41, 5.74) is 3.24. The van der Waals surface area contributed by atoms with Crippen LogP contribution in [0.3, 0.4) is 0 Å². The highest BCUT2D eigenvalue weighted by molar-refractivity contribution is 5.73. The number of hydrogen-bond acceptors (Lipinski definition) is 4. The molecule has 1 aromatic heterocycles. The molecule has 1 heterocycles. The Hall–Kier alpha value is -3.01. The van der Waals surface area contributed by atoms with E-state index in [1.54, 1.807) is 0 Å². The molecule has 3 rings (SSSR count). The fourth-order valence-corrected chi connectivity index (χ4v) is 1.95. The van der Waals surface area contributed by atoms with Gasteiger partial charge in [0.05, 0.1) is 5.69 Å². The number of benzene rings is 2. The van der Waals surface area contributed by atoms with Crippen molar-refractivity contribution >= 4 is 23.5 Å². The monoisotopic (exact) mass is 289 g/mol. The Bertz CT molecular complexity index is 790. The van der Waals surface area contributed by atoms with E-state index in [0.717, 1.165) is 11.3 Å².